The van der Waals surface area contributed by atoms with Crippen molar-refractivity contribution in [2.24, 2.45) is 0 Å². The van der Waals surface area contributed by atoms with Gasteiger partial charge in [-0.1, -0.05) is 36.1 Å². The van der Waals surface area contributed by atoms with Crippen molar-refractivity contribution < 1.29 is 9.53 Å². The van der Waals surface area contributed by atoms with Gasteiger partial charge in [0.1, 0.15) is 0 Å². The maximum Gasteiger partial charge on any atom is 0.320 e. The average Bonchev–Trinajstić information content (AvgIpc) is 2.40. The van der Waals surface area contributed by atoms with Gasteiger partial charge in [0.05, 0.1) is 19.7 Å². The van der Waals surface area contributed by atoms with Crippen molar-refractivity contribution in [2.75, 3.05) is 26.2 Å². The predicted octanol–water partition coefficient (Wildman–Crippen LogP) is 2.09. The molecule has 3 heteroatoms. The van der Waals surface area contributed by atoms with E-state index in [1.165, 1.54) is 0 Å². The van der Waals surface area contributed by atoms with E-state index in [-0.39, 0.29) is 12.5 Å². The zero-order valence-electron chi connectivity index (χ0n) is 11.3. The normalized spacial score (nSPS) is 9.58. The molecule has 0 spiro atoms. The maximum atomic E-state index is 11.4. The Hall–Kier alpha value is -2.05. The lowest BCUT2D eigenvalue weighted by Crippen LogP contribution is -2.31. The summed E-state index contributed by atoms with van der Waals surface area (Å²) in [5.74, 6) is 5.88. The Morgan fingerprint density at radius 2 is 2.16 bits per heavy atom. The van der Waals surface area contributed by atoms with E-state index >= 15 is 0 Å². The van der Waals surface area contributed by atoms with Crippen LogP contribution in [0, 0.1) is 11.8 Å². The molecule has 0 heterocycles. The molecule has 0 amide bonds. The molecule has 0 aliphatic carbocycles. The number of ether oxygens (including phenoxy) is 1. The fraction of sp³-hybridized carbons (Fsp3) is 0.312. The van der Waals surface area contributed by atoms with Crippen molar-refractivity contribution in [1.82, 2.24) is 4.90 Å². The van der Waals surface area contributed by atoms with Crippen molar-refractivity contribution in [2.45, 2.75) is 6.92 Å². The van der Waals surface area contributed by atoms with Crippen LogP contribution in [0.1, 0.15) is 12.5 Å². The minimum atomic E-state index is -0.231. The summed E-state index contributed by atoms with van der Waals surface area (Å²) in [5.41, 5.74) is 0.970. The van der Waals surface area contributed by atoms with Gasteiger partial charge >= 0.3 is 5.97 Å². The molecule has 0 fully saturated rings. The number of carbonyl (C=O) groups excluding carboxylic acids is 1. The smallest absolute Gasteiger partial charge is 0.320 e. The van der Waals surface area contributed by atoms with Crippen molar-refractivity contribution in [1.29, 1.82) is 0 Å². The highest BCUT2D eigenvalue weighted by Crippen LogP contribution is 1.95. The van der Waals surface area contributed by atoms with Gasteiger partial charge in [-0.2, -0.15) is 0 Å². The summed E-state index contributed by atoms with van der Waals surface area (Å²) < 4.78 is 4.92. The highest BCUT2D eigenvalue weighted by Gasteiger charge is 2.08. The van der Waals surface area contributed by atoms with E-state index in [9.17, 15) is 4.79 Å². The van der Waals surface area contributed by atoms with Crippen LogP contribution in [-0.2, 0) is 9.53 Å². The number of carbonyl (C=O) groups is 1. The summed E-state index contributed by atoms with van der Waals surface area (Å²) in [4.78, 5) is 13.3. The van der Waals surface area contributed by atoms with Gasteiger partial charge in [0, 0.05) is 12.1 Å². The molecule has 0 saturated carbocycles. The first-order valence-electron chi connectivity index (χ1n) is 6.29. The van der Waals surface area contributed by atoms with Crippen molar-refractivity contribution in [3.05, 3.63) is 48.6 Å². The first kappa shape index (κ1) is 15.0. The Morgan fingerprint density at radius 1 is 1.42 bits per heavy atom. The van der Waals surface area contributed by atoms with E-state index in [0.29, 0.717) is 19.7 Å². The molecule has 0 N–H and O–H groups in total. The molecule has 1 rings (SSSR count). The standard InChI is InChI=1S/C16H19NO2/c1-3-12-17(14-16(18)19-4-2)13-8-11-15-9-6-5-7-10-15/h3,5-7,9-10H,1,4,12-14H2,2H3. The molecular weight excluding hydrogens is 238 g/mol. The molecule has 19 heavy (non-hydrogen) atoms. The largest absolute Gasteiger partial charge is 0.465 e. The topological polar surface area (TPSA) is 29.5 Å². The second-order valence-corrected chi connectivity index (χ2v) is 3.93. The SMILES string of the molecule is C=CCN(CC#Cc1ccccc1)CC(=O)OCC. The number of benzene rings is 1. The second-order valence-electron chi connectivity index (χ2n) is 3.93. The van der Waals surface area contributed by atoms with Crippen LogP contribution in [-0.4, -0.2) is 37.1 Å². The van der Waals surface area contributed by atoms with Gasteiger partial charge in [-0.15, -0.1) is 6.58 Å². The molecule has 3 nitrogen and oxygen atoms in total. The summed E-state index contributed by atoms with van der Waals surface area (Å²) >= 11 is 0. The second kappa shape index (κ2) is 8.96. The van der Waals surface area contributed by atoms with Gasteiger partial charge in [-0.05, 0) is 19.1 Å². The Morgan fingerprint density at radius 3 is 2.79 bits per heavy atom. The summed E-state index contributed by atoms with van der Waals surface area (Å²) in [6, 6.07) is 9.76. The van der Waals surface area contributed by atoms with Crippen LogP contribution in [0.3, 0.4) is 0 Å². The summed E-state index contributed by atoms with van der Waals surface area (Å²) in [7, 11) is 0. The van der Waals surface area contributed by atoms with Crippen LogP contribution in [0.15, 0.2) is 43.0 Å². The number of hydrogen-bond donors (Lipinski definition) is 0. The summed E-state index contributed by atoms with van der Waals surface area (Å²) in [6.07, 6.45) is 1.75. The number of hydrogen-bond acceptors (Lipinski definition) is 3. The third-order valence-corrected chi connectivity index (χ3v) is 2.35. The molecule has 0 atom stereocenters. The van der Waals surface area contributed by atoms with E-state index in [4.69, 9.17) is 4.74 Å². The molecular formula is C16H19NO2. The lowest BCUT2D eigenvalue weighted by Gasteiger charge is -2.16. The van der Waals surface area contributed by atoms with Crippen molar-refractivity contribution >= 4 is 5.97 Å². The average molecular weight is 257 g/mol. The van der Waals surface area contributed by atoms with Gasteiger partial charge in [-0.25, -0.2) is 0 Å². The van der Waals surface area contributed by atoms with Crippen molar-refractivity contribution in [3.63, 3.8) is 0 Å². The first-order valence-corrected chi connectivity index (χ1v) is 6.29. The Kier molecular flexibility index (Phi) is 7.08. The first-order chi connectivity index (χ1) is 9.26. The van der Waals surface area contributed by atoms with Gasteiger partial charge in [0.25, 0.3) is 0 Å². The van der Waals surface area contributed by atoms with Crippen LogP contribution in [0.25, 0.3) is 0 Å². The minimum absolute atomic E-state index is 0.231. The van der Waals surface area contributed by atoms with E-state index in [1.54, 1.807) is 13.0 Å². The lowest BCUT2D eigenvalue weighted by molar-refractivity contribution is -0.144. The fourth-order valence-corrected chi connectivity index (χ4v) is 1.53. The maximum absolute atomic E-state index is 11.4. The molecule has 0 aliphatic heterocycles. The molecule has 0 aliphatic rings. The third kappa shape index (κ3) is 6.44. The zero-order valence-corrected chi connectivity index (χ0v) is 11.3. The lowest BCUT2D eigenvalue weighted by atomic mass is 10.2. The van der Waals surface area contributed by atoms with Crippen LogP contribution in [0.5, 0.6) is 0 Å². The van der Waals surface area contributed by atoms with Crippen molar-refractivity contribution in [3.8, 4) is 11.8 Å². The van der Waals surface area contributed by atoms with Crippen LogP contribution < -0.4 is 0 Å². The molecule has 0 unspecified atom stereocenters. The quantitative estimate of drug-likeness (QED) is 0.444. The number of esters is 1. The van der Waals surface area contributed by atoms with Crippen LogP contribution >= 0.6 is 0 Å². The molecule has 0 aromatic heterocycles. The zero-order chi connectivity index (χ0) is 13.9. The van der Waals surface area contributed by atoms with Crippen LogP contribution in [0.4, 0.5) is 0 Å². The molecule has 0 radical (unpaired) electrons. The Bertz CT molecular complexity index is 457. The monoisotopic (exact) mass is 257 g/mol. The van der Waals surface area contributed by atoms with E-state index in [1.807, 2.05) is 35.2 Å². The van der Waals surface area contributed by atoms with E-state index in [2.05, 4.69) is 18.4 Å². The Labute approximate surface area is 114 Å². The highest BCUT2D eigenvalue weighted by atomic mass is 16.5. The number of nitrogens with zero attached hydrogens (tertiary/aromatic N) is 1. The van der Waals surface area contributed by atoms with Gasteiger partial charge in [0.2, 0.25) is 0 Å². The molecule has 0 saturated heterocycles. The molecule has 1 aromatic carbocycles. The Balaban J connectivity index is 2.52. The predicted molar refractivity (Wildman–Crippen MR) is 76.6 cm³/mol. The van der Waals surface area contributed by atoms with Gasteiger partial charge in [0.15, 0.2) is 0 Å². The molecule has 0 bridgehead atoms. The minimum Gasteiger partial charge on any atom is -0.465 e. The fourth-order valence-electron chi connectivity index (χ4n) is 1.53. The number of rotatable bonds is 6. The van der Waals surface area contributed by atoms with Gasteiger partial charge in [-0.3, -0.25) is 9.69 Å². The van der Waals surface area contributed by atoms with E-state index in [0.717, 1.165) is 5.56 Å². The summed E-state index contributed by atoms with van der Waals surface area (Å²) in [6.45, 7) is 7.24. The molecule has 1 aromatic rings. The van der Waals surface area contributed by atoms with E-state index < -0.39 is 0 Å². The summed E-state index contributed by atoms with van der Waals surface area (Å²) in [5, 5.41) is 0. The van der Waals surface area contributed by atoms with Crippen LogP contribution in [0.2, 0.25) is 0 Å². The third-order valence-electron chi connectivity index (χ3n) is 2.35. The highest BCUT2D eigenvalue weighted by molar-refractivity contribution is 5.71. The van der Waals surface area contributed by atoms with Gasteiger partial charge < -0.3 is 4.74 Å². The molecule has 100 valence electrons.